The molecule has 1 fully saturated rings. The molecule has 110 valence electrons. The number of nitrogens with zero attached hydrogens (tertiary/aromatic N) is 1. The number of carbonyl (C=O) groups is 1. The molecule has 0 bridgehead atoms. The Morgan fingerprint density at radius 3 is 2.70 bits per heavy atom. The van der Waals surface area contributed by atoms with Crippen molar-refractivity contribution in [3.63, 3.8) is 0 Å². The van der Waals surface area contributed by atoms with E-state index in [1.54, 1.807) is 0 Å². The molecule has 2 N–H and O–H groups in total. The highest BCUT2D eigenvalue weighted by Crippen LogP contribution is 2.28. The SMILES string of the molecule is COC(=O)c1ccc(S(=O)(=O)N2CC[C@@H](N)C2)c(Br)c1. The maximum Gasteiger partial charge on any atom is 0.337 e. The molecule has 6 nitrogen and oxygen atoms in total. The van der Waals surface area contributed by atoms with Crippen molar-refractivity contribution in [3.8, 4) is 0 Å². The number of rotatable bonds is 3. The van der Waals surface area contributed by atoms with Gasteiger partial charge in [0.25, 0.3) is 0 Å². The van der Waals surface area contributed by atoms with Crippen LogP contribution in [-0.4, -0.2) is 44.9 Å². The van der Waals surface area contributed by atoms with Crippen molar-refractivity contribution < 1.29 is 17.9 Å². The Bertz CT molecular complexity index is 632. The van der Waals surface area contributed by atoms with Gasteiger partial charge in [-0.3, -0.25) is 0 Å². The molecule has 1 aliphatic rings. The van der Waals surface area contributed by atoms with Gasteiger partial charge in [0.05, 0.1) is 17.6 Å². The van der Waals surface area contributed by atoms with Gasteiger partial charge in [-0.15, -0.1) is 0 Å². The molecule has 1 atom stereocenters. The average molecular weight is 363 g/mol. The van der Waals surface area contributed by atoms with Crippen LogP contribution in [0.3, 0.4) is 0 Å². The van der Waals surface area contributed by atoms with Crippen molar-refractivity contribution in [1.29, 1.82) is 0 Å². The average Bonchev–Trinajstić information content (AvgIpc) is 2.84. The Labute approximate surface area is 126 Å². The first-order valence-corrected chi connectivity index (χ1v) is 8.23. The van der Waals surface area contributed by atoms with E-state index in [4.69, 9.17) is 5.73 Å². The Balaban J connectivity index is 2.35. The smallest absolute Gasteiger partial charge is 0.337 e. The lowest BCUT2D eigenvalue weighted by molar-refractivity contribution is 0.0600. The summed E-state index contributed by atoms with van der Waals surface area (Å²) in [5.41, 5.74) is 6.03. The van der Waals surface area contributed by atoms with Crippen molar-refractivity contribution in [1.82, 2.24) is 4.31 Å². The summed E-state index contributed by atoms with van der Waals surface area (Å²) in [6.07, 6.45) is 0.650. The first-order valence-electron chi connectivity index (χ1n) is 6.00. The topological polar surface area (TPSA) is 89.7 Å². The molecule has 0 aliphatic carbocycles. The molecule has 0 aromatic heterocycles. The van der Waals surface area contributed by atoms with Gasteiger partial charge in [0, 0.05) is 23.6 Å². The first-order chi connectivity index (χ1) is 9.36. The largest absolute Gasteiger partial charge is 0.465 e. The van der Waals surface area contributed by atoms with Gasteiger partial charge >= 0.3 is 5.97 Å². The van der Waals surface area contributed by atoms with Crippen LogP contribution in [0.5, 0.6) is 0 Å². The zero-order valence-corrected chi connectivity index (χ0v) is 13.3. The van der Waals surface area contributed by atoms with Gasteiger partial charge in [-0.2, -0.15) is 4.31 Å². The third-order valence-electron chi connectivity index (χ3n) is 3.16. The maximum atomic E-state index is 12.5. The van der Waals surface area contributed by atoms with E-state index in [1.807, 2.05) is 0 Å². The van der Waals surface area contributed by atoms with Gasteiger partial charge in [-0.05, 0) is 40.5 Å². The number of hydrogen-bond acceptors (Lipinski definition) is 5. The first kappa shape index (κ1) is 15.4. The highest BCUT2D eigenvalue weighted by atomic mass is 79.9. The lowest BCUT2D eigenvalue weighted by Crippen LogP contribution is -2.32. The number of nitrogens with two attached hydrogens (primary N) is 1. The third kappa shape index (κ3) is 2.88. The second-order valence-electron chi connectivity index (χ2n) is 4.55. The monoisotopic (exact) mass is 362 g/mol. The summed E-state index contributed by atoms with van der Waals surface area (Å²) in [5.74, 6) is -0.516. The fourth-order valence-corrected chi connectivity index (χ4v) is 4.62. The van der Waals surface area contributed by atoms with Crippen molar-refractivity contribution in [2.45, 2.75) is 17.4 Å². The number of benzene rings is 1. The second kappa shape index (κ2) is 5.80. The zero-order valence-electron chi connectivity index (χ0n) is 10.9. The molecular weight excluding hydrogens is 348 g/mol. The standard InChI is InChI=1S/C12H15BrN2O4S/c1-19-12(16)8-2-3-11(10(13)6-8)20(17,18)15-5-4-9(14)7-15/h2-3,6,9H,4-5,7,14H2,1H3/t9-/m1/s1. The van der Waals surface area contributed by atoms with E-state index in [-0.39, 0.29) is 16.5 Å². The minimum Gasteiger partial charge on any atom is -0.465 e. The van der Waals surface area contributed by atoms with Gasteiger partial charge < -0.3 is 10.5 Å². The predicted octanol–water partition coefficient (Wildman–Crippen LogP) is 0.957. The molecule has 1 aliphatic heterocycles. The summed E-state index contributed by atoms with van der Waals surface area (Å²) in [6.45, 7) is 0.724. The van der Waals surface area contributed by atoms with Crippen LogP contribution in [0.15, 0.2) is 27.6 Å². The fraction of sp³-hybridized carbons (Fsp3) is 0.417. The molecule has 0 saturated carbocycles. The van der Waals surface area contributed by atoms with Crippen LogP contribution >= 0.6 is 15.9 Å². The van der Waals surface area contributed by atoms with Crippen LogP contribution in [0.4, 0.5) is 0 Å². The van der Waals surface area contributed by atoms with Crippen LogP contribution < -0.4 is 5.73 Å². The summed E-state index contributed by atoms with van der Waals surface area (Å²) in [5, 5.41) is 0. The lowest BCUT2D eigenvalue weighted by atomic mass is 10.2. The van der Waals surface area contributed by atoms with E-state index < -0.39 is 16.0 Å². The number of ether oxygens (including phenoxy) is 1. The molecule has 20 heavy (non-hydrogen) atoms. The Kier molecular flexibility index (Phi) is 4.48. The summed E-state index contributed by atoms with van der Waals surface area (Å²) < 4.78 is 31.2. The number of hydrogen-bond donors (Lipinski definition) is 1. The van der Waals surface area contributed by atoms with Crippen molar-refractivity contribution in [3.05, 3.63) is 28.2 Å². The van der Waals surface area contributed by atoms with Crippen LogP contribution in [0.1, 0.15) is 16.8 Å². The summed E-state index contributed by atoms with van der Waals surface area (Å²) >= 11 is 3.20. The Hall–Kier alpha value is -0.960. The molecule has 0 spiro atoms. The minimum absolute atomic E-state index is 0.124. The molecule has 0 unspecified atom stereocenters. The molecule has 1 saturated heterocycles. The maximum absolute atomic E-state index is 12.5. The van der Waals surface area contributed by atoms with Crippen molar-refractivity contribution in [2.75, 3.05) is 20.2 Å². The van der Waals surface area contributed by atoms with Crippen molar-refractivity contribution in [2.24, 2.45) is 5.73 Å². The van der Waals surface area contributed by atoms with Gasteiger partial charge in [0.1, 0.15) is 0 Å². The molecule has 1 aromatic carbocycles. The second-order valence-corrected chi connectivity index (χ2v) is 7.31. The van der Waals surface area contributed by atoms with Crippen LogP contribution in [0.2, 0.25) is 0 Å². The van der Waals surface area contributed by atoms with E-state index in [9.17, 15) is 13.2 Å². The predicted molar refractivity (Wildman–Crippen MR) is 76.8 cm³/mol. The Morgan fingerprint density at radius 1 is 1.50 bits per heavy atom. The molecule has 8 heteroatoms. The van der Waals surface area contributed by atoms with E-state index >= 15 is 0 Å². The van der Waals surface area contributed by atoms with Gasteiger partial charge in [-0.25, -0.2) is 13.2 Å². The van der Waals surface area contributed by atoms with E-state index in [0.717, 1.165) is 0 Å². The minimum atomic E-state index is -3.60. The number of carbonyl (C=O) groups excluding carboxylic acids is 1. The molecule has 0 amide bonds. The molecular formula is C12H15BrN2O4S. The molecule has 1 heterocycles. The molecule has 1 aromatic rings. The highest BCUT2D eigenvalue weighted by molar-refractivity contribution is 9.10. The van der Waals surface area contributed by atoms with Gasteiger partial charge in [-0.1, -0.05) is 0 Å². The lowest BCUT2D eigenvalue weighted by Gasteiger charge is -2.17. The summed E-state index contributed by atoms with van der Waals surface area (Å²) in [4.78, 5) is 11.5. The third-order valence-corrected chi connectivity index (χ3v) is 6.00. The fourth-order valence-electron chi connectivity index (χ4n) is 2.07. The van der Waals surface area contributed by atoms with E-state index in [2.05, 4.69) is 20.7 Å². The number of sulfonamides is 1. The molecule has 0 radical (unpaired) electrons. The normalized spacial score (nSPS) is 20.1. The quantitative estimate of drug-likeness (QED) is 0.808. The summed E-state index contributed by atoms with van der Waals surface area (Å²) in [7, 11) is -2.33. The Morgan fingerprint density at radius 2 is 2.20 bits per heavy atom. The van der Waals surface area contributed by atoms with E-state index in [0.29, 0.717) is 24.0 Å². The van der Waals surface area contributed by atoms with Gasteiger partial charge in [0.15, 0.2) is 0 Å². The zero-order chi connectivity index (χ0) is 14.9. The van der Waals surface area contributed by atoms with Crippen LogP contribution in [0, 0.1) is 0 Å². The van der Waals surface area contributed by atoms with Gasteiger partial charge in [0.2, 0.25) is 10.0 Å². The van der Waals surface area contributed by atoms with Crippen LogP contribution in [-0.2, 0) is 14.8 Å². The molecule has 2 rings (SSSR count). The number of esters is 1. The summed E-state index contributed by atoms with van der Waals surface area (Å²) in [6, 6.07) is 4.14. The number of methoxy groups -OCH3 is 1. The number of halogens is 1. The van der Waals surface area contributed by atoms with Crippen LogP contribution in [0.25, 0.3) is 0 Å². The van der Waals surface area contributed by atoms with Crippen molar-refractivity contribution >= 4 is 31.9 Å². The highest BCUT2D eigenvalue weighted by Gasteiger charge is 2.32. The van der Waals surface area contributed by atoms with E-state index in [1.165, 1.54) is 29.6 Å².